The highest BCUT2D eigenvalue weighted by Gasteiger charge is 2.26. The van der Waals surface area contributed by atoms with E-state index in [1.54, 1.807) is 0 Å². The van der Waals surface area contributed by atoms with Gasteiger partial charge >= 0.3 is 0 Å². The number of nitrogens with zero attached hydrogens (tertiary/aromatic N) is 2. The average molecular weight is 269 g/mol. The Bertz CT molecular complexity index is 592. The first kappa shape index (κ1) is 13.4. The Kier molecular flexibility index (Phi) is 3.38. The molecule has 3 rings (SSSR count). The van der Waals surface area contributed by atoms with Gasteiger partial charge in [-0.05, 0) is 38.3 Å². The zero-order chi connectivity index (χ0) is 14.2. The van der Waals surface area contributed by atoms with Crippen LogP contribution in [-0.2, 0) is 19.5 Å². The predicted octanol–water partition coefficient (Wildman–Crippen LogP) is 3.11. The molecule has 0 radical (unpaired) electrons. The van der Waals surface area contributed by atoms with Gasteiger partial charge in [-0.15, -0.1) is 0 Å². The highest BCUT2D eigenvalue weighted by molar-refractivity contribution is 5.39. The van der Waals surface area contributed by atoms with Crippen LogP contribution in [0.5, 0.6) is 0 Å². The van der Waals surface area contributed by atoms with Gasteiger partial charge in [0, 0.05) is 30.7 Å². The van der Waals surface area contributed by atoms with Crippen molar-refractivity contribution in [2.75, 3.05) is 0 Å². The van der Waals surface area contributed by atoms with Crippen LogP contribution in [0.25, 0.3) is 0 Å². The molecule has 1 atom stereocenters. The molecule has 0 aliphatic heterocycles. The first-order chi connectivity index (χ1) is 9.53. The lowest BCUT2D eigenvalue weighted by Gasteiger charge is -2.31. The highest BCUT2D eigenvalue weighted by Crippen LogP contribution is 2.36. The second kappa shape index (κ2) is 5.06. The normalized spacial score (nSPS) is 17.6. The fraction of sp³-hybridized carbons (Fsp3) is 0.471. The molecule has 1 aliphatic carbocycles. The molecule has 0 saturated carbocycles. The van der Waals surface area contributed by atoms with E-state index in [9.17, 15) is 0 Å². The first-order valence-corrected chi connectivity index (χ1v) is 7.35. The van der Waals surface area contributed by atoms with Crippen molar-refractivity contribution in [3.05, 3.63) is 53.6 Å². The lowest BCUT2D eigenvalue weighted by Crippen LogP contribution is -2.36. The van der Waals surface area contributed by atoms with Crippen LogP contribution in [0.2, 0.25) is 0 Å². The predicted molar refractivity (Wildman–Crippen MR) is 81.7 cm³/mol. The van der Waals surface area contributed by atoms with Crippen molar-refractivity contribution in [3.8, 4) is 0 Å². The molecule has 1 heterocycles. The standard InChI is InChI=1S/C17H23N3/c1-17(2,3)19-10-15-9-18-12-20(15)11-14-8-13-6-4-5-7-16(13)14/h4-7,9,12,14,19H,8,10-11H2,1-3H3. The van der Waals surface area contributed by atoms with Crippen LogP contribution in [0.4, 0.5) is 0 Å². The average Bonchev–Trinajstić information content (AvgIpc) is 2.80. The lowest BCUT2D eigenvalue weighted by molar-refractivity contribution is 0.409. The summed E-state index contributed by atoms with van der Waals surface area (Å²) in [5.41, 5.74) is 4.42. The van der Waals surface area contributed by atoms with Crippen LogP contribution >= 0.6 is 0 Å². The molecule has 3 nitrogen and oxygen atoms in total. The Morgan fingerprint density at radius 3 is 2.85 bits per heavy atom. The third-order valence-corrected chi connectivity index (χ3v) is 3.98. The molecule has 0 amide bonds. The van der Waals surface area contributed by atoms with Gasteiger partial charge in [0.05, 0.1) is 12.0 Å². The minimum atomic E-state index is 0.137. The zero-order valence-electron chi connectivity index (χ0n) is 12.6. The van der Waals surface area contributed by atoms with Gasteiger partial charge < -0.3 is 9.88 Å². The second-order valence-electron chi connectivity index (χ2n) is 6.74. The number of rotatable bonds is 4. The molecule has 0 saturated heterocycles. The summed E-state index contributed by atoms with van der Waals surface area (Å²) in [4.78, 5) is 4.31. The Morgan fingerprint density at radius 1 is 1.30 bits per heavy atom. The Hall–Kier alpha value is -1.61. The van der Waals surface area contributed by atoms with E-state index in [1.807, 2.05) is 12.5 Å². The summed E-state index contributed by atoms with van der Waals surface area (Å²) < 4.78 is 2.29. The topological polar surface area (TPSA) is 29.9 Å². The van der Waals surface area contributed by atoms with Gasteiger partial charge in [0.2, 0.25) is 0 Å². The molecule has 1 unspecified atom stereocenters. The summed E-state index contributed by atoms with van der Waals surface area (Å²) in [6.07, 6.45) is 5.13. The molecule has 1 aliphatic rings. The van der Waals surface area contributed by atoms with E-state index in [2.05, 4.69) is 59.9 Å². The molecule has 1 aromatic heterocycles. The maximum atomic E-state index is 4.31. The van der Waals surface area contributed by atoms with Crippen LogP contribution in [-0.4, -0.2) is 15.1 Å². The van der Waals surface area contributed by atoms with E-state index in [0.717, 1.165) is 13.1 Å². The highest BCUT2D eigenvalue weighted by atomic mass is 15.1. The third-order valence-electron chi connectivity index (χ3n) is 3.98. The lowest BCUT2D eigenvalue weighted by atomic mass is 9.77. The van der Waals surface area contributed by atoms with Crippen LogP contribution in [0.3, 0.4) is 0 Å². The van der Waals surface area contributed by atoms with Crippen LogP contribution < -0.4 is 5.32 Å². The molecule has 106 valence electrons. The fourth-order valence-electron chi connectivity index (χ4n) is 2.78. The smallest absolute Gasteiger partial charge is 0.0948 e. The number of benzene rings is 1. The molecule has 0 fully saturated rings. The maximum Gasteiger partial charge on any atom is 0.0948 e. The van der Waals surface area contributed by atoms with Gasteiger partial charge in [0.15, 0.2) is 0 Å². The van der Waals surface area contributed by atoms with Gasteiger partial charge in [0.1, 0.15) is 0 Å². The quantitative estimate of drug-likeness (QED) is 0.924. The number of nitrogens with one attached hydrogen (secondary N) is 1. The summed E-state index contributed by atoms with van der Waals surface area (Å²) in [5, 5.41) is 3.53. The van der Waals surface area contributed by atoms with E-state index in [4.69, 9.17) is 0 Å². The van der Waals surface area contributed by atoms with Crippen molar-refractivity contribution in [3.63, 3.8) is 0 Å². The minimum absolute atomic E-state index is 0.137. The van der Waals surface area contributed by atoms with Gasteiger partial charge in [0.25, 0.3) is 0 Å². The monoisotopic (exact) mass is 269 g/mol. The zero-order valence-corrected chi connectivity index (χ0v) is 12.6. The Labute approximate surface area is 121 Å². The Balaban J connectivity index is 1.66. The van der Waals surface area contributed by atoms with Crippen molar-refractivity contribution >= 4 is 0 Å². The van der Waals surface area contributed by atoms with Crippen LogP contribution in [0, 0.1) is 0 Å². The van der Waals surface area contributed by atoms with Crippen LogP contribution in [0.15, 0.2) is 36.8 Å². The molecule has 20 heavy (non-hydrogen) atoms. The molecule has 0 bridgehead atoms. The van der Waals surface area contributed by atoms with E-state index in [0.29, 0.717) is 5.92 Å². The minimum Gasteiger partial charge on any atom is -0.333 e. The summed E-state index contributed by atoms with van der Waals surface area (Å²) >= 11 is 0. The molecule has 2 aromatic rings. The number of hydrogen-bond acceptors (Lipinski definition) is 2. The van der Waals surface area contributed by atoms with Crippen molar-refractivity contribution in [1.82, 2.24) is 14.9 Å². The molecular formula is C17H23N3. The molecular weight excluding hydrogens is 246 g/mol. The van der Waals surface area contributed by atoms with Gasteiger partial charge in [-0.25, -0.2) is 4.98 Å². The number of aromatic nitrogens is 2. The third kappa shape index (κ3) is 2.78. The number of imidazole rings is 1. The van der Waals surface area contributed by atoms with E-state index in [-0.39, 0.29) is 5.54 Å². The molecule has 1 aromatic carbocycles. The van der Waals surface area contributed by atoms with Gasteiger partial charge in [-0.1, -0.05) is 24.3 Å². The summed E-state index contributed by atoms with van der Waals surface area (Å²) in [6, 6.07) is 8.77. The number of hydrogen-bond donors (Lipinski definition) is 1. The van der Waals surface area contributed by atoms with Crippen molar-refractivity contribution in [2.45, 2.75) is 51.7 Å². The van der Waals surface area contributed by atoms with E-state index >= 15 is 0 Å². The van der Waals surface area contributed by atoms with Gasteiger partial charge in [-0.3, -0.25) is 0 Å². The Morgan fingerprint density at radius 2 is 2.10 bits per heavy atom. The fourth-order valence-corrected chi connectivity index (χ4v) is 2.78. The summed E-state index contributed by atoms with van der Waals surface area (Å²) in [6.45, 7) is 8.48. The number of fused-ring (bicyclic) bond motifs is 1. The SMILES string of the molecule is CC(C)(C)NCc1cncn1CC1Cc2ccccc21. The molecule has 0 spiro atoms. The summed E-state index contributed by atoms with van der Waals surface area (Å²) in [7, 11) is 0. The van der Waals surface area contributed by atoms with Gasteiger partial charge in [-0.2, -0.15) is 0 Å². The van der Waals surface area contributed by atoms with Crippen molar-refractivity contribution in [1.29, 1.82) is 0 Å². The van der Waals surface area contributed by atoms with E-state index < -0.39 is 0 Å². The van der Waals surface area contributed by atoms with E-state index in [1.165, 1.54) is 23.2 Å². The largest absolute Gasteiger partial charge is 0.333 e. The molecule has 1 N–H and O–H groups in total. The second-order valence-corrected chi connectivity index (χ2v) is 6.74. The first-order valence-electron chi connectivity index (χ1n) is 7.35. The summed E-state index contributed by atoms with van der Waals surface area (Å²) in [5.74, 6) is 0.647. The van der Waals surface area contributed by atoms with Crippen molar-refractivity contribution < 1.29 is 0 Å². The maximum absolute atomic E-state index is 4.31. The van der Waals surface area contributed by atoms with Crippen molar-refractivity contribution in [2.24, 2.45) is 0 Å². The van der Waals surface area contributed by atoms with Crippen LogP contribution in [0.1, 0.15) is 43.5 Å². The molecule has 3 heteroatoms.